The fourth-order valence-electron chi connectivity index (χ4n) is 3.36. The summed E-state index contributed by atoms with van der Waals surface area (Å²) in [7, 11) is 0. The van der Waals surface area contributed by atoms with Crippen LogP contribution in [0.25, 0.3) is 11.0 Å². The van der Waals surface area contributed by atoms with Crippen LogP contribution < -0.4 is 4.90 Å². The Morgan fingerprint density at radius 1 is 1.32 bits per heavy atom. The number of nitrogens with zero attached hydrogens (tertiary/aromatic N) is 4. The number of fused-ring (bicyclic) bond motifs is 1. The lowest BCUT2D eigenvalue weighted by Gasteiger charge is -2.28. The summed E-state index contributed by atoms with van der Waals surface area (Å²) in [6, 6.07) is 6.96. The smallest absolute Gasteiger partial charge is 0.160 e. The van der Waals surface area contributed by atoms with E-state index in [1.807, 2.05) is 6.07 Å². The SMILES string of the molecule is CC1CCN(c2ncnc3[nH]ncc23)C1c1cccc(F)c1. The number of anilines is 1. The Labute approximate surface area is 127 Å². The van der Waals surface area contributed by atoms with Crippen molar-refractivity contribution in [3.8, 4) is 0 Å². The van der Waals surface area contributed by atoms with Crippen molar-refractivity contribution in [3.63, 3.8) is 0 Å². The van der Waals surface area contributed by atoms with E-state index in [0.29, 0.717) is 5.92 Å². The number of H-pyrrole nitrogens is 1. The Balaban J connectivity index is 1.82. The Hall–Kier alpha value is -2.50. The lowest BCUT2D eigenvalue weighted by atomic mass is 9.95. The Bertz CT molecular complexity index is 815. The van der Waals surface area contributed by atoms with Gasteiger partial charge in [0.1, 0.15) is 18.0 Å². The predicted molar refractivity (Wildman–Crippen MR) is 82.0 cm³/mol. The van der Waals surface area contributed by atoms with Crippen molar-refractivity contribution in [3.05, 3.63) is 48.2 Å². The molecule has 0 saturated carbocycles. The molecule has 0 aliphatic carbocycles. The molecule has 1 N–H and O–H groups in total. The first-order chi connectivity index (χ1) is 10.7. The van der Waals surface area contributed by atoms with Crippen molar-refractivity contribution in [2.45, 2.75) is 19.4 Å². The van der Waals surface area contributed by atoms with Gasteiger partial charge in [-0.25, -0.2) is 14.4 Å². The zero-order valence-electron chi connectivity index (χ0n) is 12.2. The van der Waals surface area contributed by atoms with Gasteiger partial charge in [0, 0.05) is 6.54 Å². The van der Waals surface area contributed by atoms with Crippen molar-refractivity contribution >= 4 is 16.9 Å². The molecule has 6 heteroatoms. The van der Waals surface area contributed by atoms with Gasteiger partial charge in [0.05, 0.1) is 17.6 Å². The van der Waals surface area contributed by atoms with E-state index in [0.717, 1.165) is 35.4 Å². The van der Waals surface area contributed by atoms with Crippen LogP contribution >= 0.6 is 0 Å². The van der Waals surface area contributed by atoms with Crippen molar-refractivity contribution < 1.29 is 4.39 Å². The number of aromatic nitrogens is 4. The van der Waals surface area contributed by atoms with Gasteiger partial charge in [-0.3, -0.25) is 5.10 Å². The van der Waals surface area contributed by atoms with Crippen LogP contribution in [0.4, 0.5) is 10.2 Å². The molecule has 2 unspecified atom stereocenters. The maximum absolute atomic E-state index is 13.6. The average molecular weight is 297 g/mol. The first kappa shape index (κ1) is 13.2. The summed E-state index contributed by atoms with van der Waals surface area (Å²) in [5.74, 6) is 1.09. The second kappa shape index (κ2) is 5.05. The molecule has 1 fully saturated rings. The average Bonchev–Trinajstić information content (AvgIpc) is 3.13. The van der Waals surface area contributed by atoms with E-state index in [4.69, 9.17) is 0 Å². The van der Waals surface area contributed by atoms with Gasteiger partial charge in [-0.15, -0.1) is 0 Å². The Morgan fingerprint density at radius 3 is 3.09 bits per heavy atom. The zero-order valence-corrected chi connectivity index (χ0v) is 12.2. The summed E-state index contributed by atoms with van der Waals surface area (Å²) in [4.78, 5) is 10.9. The van der Waals surface area contributed by atoms with E-state index in [1.54, 1.807) is 24.7 Å². The van der Waals surface area contributed by atoms with Gasteiger partial charge >= 0.3 is 0 Å². The van der Waals surface area contributed by atoms with Crippen LogP contribution in [0.2, 0.25) is 0 Å². The highest BCUT2D eigenvalue weighted by Gasteiger charge is 2.34. The topological polar surface area (TPSA) is 57.7 Å². The van der Waals surface area contributed by atoms with E-state index in [1.165, 1.54) is 6.07 Å². The number of nitrogens with one attached hydrogen (secondary N) is 1. The van der Waals surface area contributed by atoms with Gasteiger partial charge < -0.3 is 4.90 Å². The van der Waals surface area contributed by atoms with Crippen LogP contribution in [0.15, 0.2) is 36.8 Å². The van der Waals surface area contributed by atoms with Crippen LogP contribution in [0.5, 0.6) is 0 Å². The van der Waals surface area contributed by atoms with E-state index in [9.17, 15) is 4.39 Å². The molecule has 5 nitrogen and oxygen atoms in total. The fraction of sp³-hybridized carbons (Fsp3) is 0.312. The number of rotatable bonds is 2. The largest absolute Gasteiger partial charge is 0.349 e. The number of benzene rings is 1. The summed E-state index contributed by atoms with van der Waals surface area (Å²) in [6.07, 6.45) is 4.34. The first-order valence-electron chi connectivity index (χ1n) is 7.40. The molecule has 0 amide bonds. The van der Waals surface area contributed by atoms with Gasteiger partial charge in [-0.1, -0.05) is 19.1 Å². The zero-order chi connectivity index (χ0) is 15.1. The number of hydrogen-bond donors (Lipinski definition) is 1. The predicted octanol–water partition coefficient (Wildman–Crippen LogP) is 3.08. The highest BCUT2D eigenvalue weighted by molar-refractivity contribution is 5.86. The minimum absolute atomic E-state index is 0.115. The van der Waals surface area contributed by atoms with E-state index in [2.05, 4.69) is 32.0 Å². The third kappa shape index (κ3) is 2.03. The van der Waals surface area contributed by atoms with Crippen molar-refractivity contribution in [1.29, 1.82) is 0 Å². The summed E-state index contributed by atoms with van der Waals surface area (Å²) in [5.41, 5.74) is 1.71. The molecule has 1 aliphatic heterocycles. The van der Waals surface area contributed by atoms with Gasteiger partial charge in [0.15, 0.2) is 5.65 Å². The van der Waals surface area contributed by atoms with Gasteiger partial charge in [0.25, 0.3) is 0 Å². The van der Waals surface area contributed by atoms with Gasteiger partial charge in [-0.2, -0.15) is 5.10 Å². The van der Waals surface area contributed by atoms with Crippen LogP contribution in [0.1, 0.15) is 24.9 Å². The summed E-state index contributed by atoms with van der Waals surface area (Å²) >= 11 is 0. The fourth-order valence-corrected chi connectivity index (χ4v) is 3.36. The molecule has 1 saturated heterocycles. The standard InChI is InChI=1S/C16H16FN5/c1-10-5-6-22(14(10)11-3-2-4-12(17)7-11)16-13-8-20-21-15(13)18-9-19-16/h2-4,7-10,14H,5-6H2,1H3,(H,18,19,20,21). The maximum atomic E-state index is 13.6. The molecule has 2 aromatic heterocycles. The molecule has 1 aromatic carbocycles. The quantitative estimate of drug-likeness (QED) is 0.789. The first-order valence-corrected chi connectivity index (χ1v) is 7.40. The second-order valence-corrected chi connectivity index (χ2v) is 5.79. The lowest BCUT2D eigenvalue weighted by molar-refractivity contribution is 0.526. The maximum Gasteiger partial charge on any atom is 0.160 e. The Kier molecular flexibility index (Phi) is 3.03. The van der Waals surface area contributed by atoms with Crippen LogP contribution in [-0.2, 0) is 0 Å². The minimum Gasteiger partial charge on any atom is -0.349 e. The highest BCUT2D eigenvalue weighted by atomic mass is 19.1. The minimum atomic E-state index is -0.201. The lowest BCUT2D eigenvalue weighted by Crippen LogP contribution is -2.25. The molecule has 3 aromatic rings. The molecule has 112 valence electrons. The number of aromatic amines is 1. The molecule has 4 rings (SSSR count). The van der Waals surface area contributed by atoms with Crippen molar-refractivity contribution in [2.75, 3.05) is 11.4 Å². The summed E-state index contributed by atoms with van der Waals surface area (Å²) in [6.45, 7) is 3.09. The van der Waals surface area contributed by atoms with Crippen LogP contribution in [0, 0.1) is 11.7 Å². The summed E-state index contributed by atoms with van der Waals surface area (Å²) in [5, 5.41) is 7.82. The molecular formula is C16H16FN5. The van der Waals surface area contributed by atoms with Crippen molar-refractivity contribution in [1.82, 2.24) is 20.2 Å². The van der Waals surface area contributed by atoms with E-state index >= 15 is 0 Å². The number of hydrogen-bond acceptors (Lipinski definition) is 4. The van der Waals surface area contributed by atoms with Crippen LogP contribution in [-0.4, -0.2) is 26.7 Å². The number of halogens is 1. The molecule has 0 bridgehead atoms. The molecule has 1 aliphatic rings. The van der Waals surface area contributed by atoms with Crippen molar-refractivity contribution in [2.24, 2.45) is 5.92 Å². The van der Waals surface area contributed by atoms with E-state index < -0.39 is 0 Å². The molecular weight excluding hydrogens is 281 g/mol. The Morgan fingerprint density at radius 2 is 2.23 bits per heavy atom. The highest BCUT2D eigenvalue weighted by Crippen LogP contribution is 2.41. The molecule has 3 heterocycles. The third-order valence-corrected chi connectivity index (χ3v) is 4.39. The molecule has 22 heavy (non-hydrogen) atoms. The monoisotopic (exact) mass is 297 g/mol. The normalized spacial score (nSPS) is 21.6. The molecule has 0 spiro atoms. The molecule has 0 radical (unpaired) electrons. The van der Waals surface area contributed by atoms with Gasteiger partial charge in [-0.05, 0) is 30.0 Å². The van der Waals surface area contributed by atoms with Gasteiger partial charge in [0.2, 0.25) is 0 Å². The second-order valence-electron chi connectivity index (χ2n) is 5.79. The molecule has 2 atom stereocenters. The third-order valence-electron chi connectivity index (χ3n) is 4.39. The van der Waals surface area contributed by atoms with Crippen LogP contribution in [0.3, 0.4) is 0 Å². The van der Waals surface area contributed by atoms with E-state index in [-0.39, 0.29) is 11.9 Å². The summed E-state index contributed by atoms with van der Waals surface area (Å²) < 4.78 is 13.6.